The zero-order valence-corrected chi connectivity index (χ0v) is 19.3. The van der Waals surface area contributed by atoms with Crippen molar-refractivity contribution in [1.82, 2.24) is 30.1 Å². The van der Waals surface area contributed by atoms with Gasteiger partial charge in [-0.25, -0.2) is 0 Å². The summed E-state index contributed by atoms with van der Waals surface area (Å²) >= 11 is 1.63. The summed E-state index contributed by atoms with van der Waals surface area (Å²) in [6.45, 7) is 6.12. The van der Waals surface area contributed by atoms with Crippen LogP contribution in [-0.2, 0) is 6.42 Å². The molecule has 0 bridgehead atoms. The van der Waals surface area contributed by atoms with Crippen molar-refractivity contribution in [2.45, 2.75) is 19.8 Å². The van der Waals surface area contributed by atoms with Crippen LogP contribution >= 0.6 is 11.3 Å². The highest BCUT2D eigenvalue weighted by atomic mass is 32.1. The van der Waals surface area contributed by atoms with Crippen molar-refractivity contribution in [1.29, 1.82) is 0 Å². The van der Waals surface area contributed by atoms with Crippen molar-refractivity contribution in [3.8, 4) is 22.0 Å². The molecule has 4 heterocycles. The lowest BCUT2D eigenvalue weighted by Crippen LogP contribution is -2.49. The predicted octanol–water partition coefficient (Wildman–Crippen LogP) is 3.89. The second-order valence-corrected chi connectivity index (χ2v) is 9.21. The van der Waals surface area contributed by atoms with E-state index < -0.39 is 0 Å². The summed E-state index contributed by atoms with van der Waals surface area (Å²) in [6, 6.07) is 14.0. The van der Waals surface area contributed by atoms with Gasteiger partial charge in [0.1, 0.15) is 0 Å². The lowest BCUT2D eigenvalue weighted by molar-refractivity contribution is 0.0630. The van der Waals surface area contributed by atoms with Gasteiger partial charge in [-0.05, 0) is 37.4 Å². The van der Waals surface area contributed by atoms with E-state index in [1.54, 1.807) is 11.3 Å². The van der Waals surface area contributed by atoms with E-state index in [-0.39, 0.29) is 5.91 Å². The van der Waals surface area contributed by atoms with E-state index in [9.17, 15) is 4.79 Å². The maximum atomic E-state index is 12.8. The fourth-order valence-electron chi connectivity index (χ4n) is 3.96. The number of aromatic amines is 1. The Morgan fingerprint density at radius 2 is 1.97 bits per heavy atom. The average Bonchev–Trinajstić information content (AvgIpc) is 3.61. The van der Waals surface area contributed by atoms with E-state index in [1.165, 1.54) is 5.56 Å². The molecule has 33 heavy (non-hydrogen) atoms. The first-order valence-corrected chi connectivity index (χ1v) is 12.0. The smallest absolute Gasteiger partial charge is 0.274 e. The number of benzene rings is 1. The standard InChI is InChI=1S/C24H26N6O2S/c1-17-6-8-18(9-7-17)23-25-22(32-28-23)5-2-10-29-11-13-30(14-12-29)24(31)20-16-19(26-27-20)21-4-3-15-33-21/h3-4,6-9,15-16H,2,5,10-14H2,1H3,(H,26,27). The highest BCUT2D eigenvalue weighted by Crippen LogP contribution is 2.23. The van der Waals surface area contributed by atoms with Gasteiger partial charge in [0, 0.05) is 38.2 Å². The summed E-state index contributed by atoms with van der Waals surface area (Å²) in [6.07, 6.45) is 1.68. The van der Waals surface area contributed by atoms with E-state index in [0.717, 1.165) is 48.6 Å². The molecule has 5 rings (SSSR count). The monoisotopic (exact) mass is 462 g/mol. The third kappa shape index (κ3) is 5.04. The molecule has 1 fully saturated rings. The number of aromatic nitrogens is 4. The third-order valence-corrected chi connectivity index (χ3v) is 6.79. The fourth-order valence-corrected chi connectivity index (χ4v) is 4.65. The van der Waals surface area contributed by atoms with Gasteiger partial charge < -0.3 is 9.42 Å². The number of hydrogen-bond donors (Lipinski definition) is 1. The molecule has 1 aliphatic heterocycles. The van der Waals surface area contributed by atoms with Crippen molar-refractivity contribution >= 4 is 17.2 Å². The highest BCUT2D eigenvalue weighted by Gasteiger charge is 2.24. The van der Waals surface area contributed by atoms with Crippen LogP contribution < -0.4 is 0 Å². The van der Waals surface area contributed by atoms with Gasteiger partial charge in [0.05, 0.1) is 10.6 Å². The number of amides is 1. The number of piperazine rings is 1. The Labute approximate surface area is 196 Å². The summed E-state index contributed by atoms with van der Waals surface area (Å²) < 4.78 is 5.42. The summed E-state index contributed by atoms with van der Waals surface area (Å²) in [5.41, 5.74) is 3.54. The van der Waals surface area contributed by atoms with Gasteiger partial charge in [-0.3, -0.25) is 14.8 Å². The number of nitrogens with zero attached hydrogens (tertiary/aromatic N) is 5. The minimum Gasteiger partial charge on any atom is -0.339 e. The van der Waals surface area contributed by atoms with Gasteiger partial charge in [-0.1, -0.05) is 41.1 Å². The van der Waals surface area contributed by atoms with Crippen molar-refractivity contribution in [3.05, 3.63) is 65.0 Å². The molecule has 1 aliphatic rings. The van der Waals surface area contributed by atoms with Crippen LogP contribution in [0.4, 0.5) is 0 Å². The maximum absolute atomic E-state index is 12.8. The zero-order valence-electron chi connectivity index (χ0n) is 18.5. The Kier molecular flexibility index (Phi) is 6.32. The number of thiophene rings is 1. The second-order valence-electron chi connectivity index (χ2n) is 8.26. The van der Waals surface area contributed by atoms with Crippen molar-refractivity contribution in [2.75, 3.05) is 32.7 Å². The Morgan fingerprint density at radius 3 is 2.73 bits per heavy atom. The third-order valence-electron chi connectivity index (χ3n) is 5.89. The normalized spacial score (nSPS) is 14.6. The van der Waals surface area contributed by atoms with Crippen molar-refractivity contribution < 1.29 is 9.32 Å². The molecule has 4 aromatic rings. The molecular formula is C24H26N6O2S. The summed E-state index contributed by atoms with van der Waals surface area (Å²) in [5.74, 6) is 1.29. The Bertz CT molecular complexity index is 1190. The Hall–Kier alpha value is -3.30. The second kappa shape index (κ2) is 9.68. The first-order valence-electron chi connectivity index (χ1n) is 11.2. The van der Waals surface area contributed by atoms with Crippen LogP contribution in [0.15, 0.2) is 52.4 Å². The molecule has 0 unspecified atom stereocenters. The maximum Gasteiger partial charge on any atom is 0.274 e. The quantitative estimate of drug-likeness (QED) is 0.448. The van der Waals surface area contributed by atoms with Gasteiger partial charge in [-0.15, -0.1) is 11.3 Å². The van der Waals surface area contributed by atoms with Crippen LogP contribution in [0, 0.1) is 6.92 Å². The van der Waals surface area contributed by atoms with E-state index in [1.807, 2.05) is 52.7 Å². The lowest BCUT2D eigenvalue weighted by atomic mass is 10.1. The Morgan fingerprint density at radius 1 is 1.15 bits per heavy atom. The van der Waals surface area contributed by atoms with Gasteiger partial charge in [-0.2, -0.15) is 10.1 Å². The molecule has 170 valence electrons. The lowest BCUT2D eigenvalue weighted by Gasteiger charge is -2.34. The molecule has 1 amide bonds. The molecule has 1 N–H and O–H groups in total. The largest absolute Gasteiger partial charge is 0.339 e. The van der Waals surface area contributed by atoms with Gasteiger partial charge in [0.15, 0.2) is 5.69 Å². The van der Waals surface area contributed by atoms with Crippen LogP contribution in [-0.4, -0.2) is 68.8 Å². The number of hydrogen-bond acceptors (Lipinski definition) is 7. The first-order chi connectivity index (χ1) is 16.2. The van der Waals surface area contributed by atoms with Crippen LogP contribution in [0.2, 0.25) is 0 Å². The van der Waals surface area contributed by atoms with Crippen molar-refractivity contribution in [3.63, 3.8) is 0 Å². The molecule has 1 aromatic carbocycles. The first kappa shape index (κ1) is 21.5. The van der Waals surface area contributed by atoms with Crippen molar-refractivity contribution in [2.24, 2.45) is 0 Å². The zero-order chi connectivity index (χ0) is 22.6. The molecule has 0 atom stereocenters. The number of rotatable bonds is 7. The van der Waals surface area contributed by atoms with Crippen LogP contribution in [0.3, 0.4) is 0 Å². The van der Waals surface area contributed by atoms with E-state index in [0.29, 0.717) is 30.5 Å². The predicted molar refractivity (Wildman–Crippen MR) is 127 cm³/mol. The molecular weight excluding hydrogens is 436 g/mol. The highest BCUT2D eigenvalue weighted by molar-refractivity contribution is 7.13. The van der Waals surface area contributed by atoms with Gasteiger partial charge in [0.2, 0.25) is 11.7 Å². The number of H-pyrrole nitrogens is 1. The van der Waals surface area contributed by atoms with E-state index >= 15 is 0 Å². The SMILES string of the molecule is Cc1ccc(-c2noc(CCCN3CCN(C(=O)c4cc(-c5cccs5)[nH]n4)CC3)n2)cc1. The van der Waals surface area contributed by atoms with Crippen LogP contribution in [0.25, 0.3) is 22.0 Å². The molecule has 0 radical (unpaired) electrons. The van der Waals surface area contributed by atoms with Gasteiger partial charge in [0.25, 0.3) is 5.91 Å². The topological polar surface area (TPSA) is 91.2 Å². The Balaban J connectivity index is 1.07. The molecule has 1 saturated heterocycles. The fraction of sp³-hybridized carbons (Fsp3) is 0.333. The minimum atomic E-state index is -0.0109. The average molecular weight is 463 g/mol. The molecule has 0 spiro atoms. The molecule has 0 saturated carbocycles. The molecule has 0 aliphatic carbocycles. The summed E-state index contributed by atoms with van der Waals surface area (Å²) in [4.78, 5) is 22.7. The number of carbonyl (C=O) groups excluding carboxylic acids is 1. The van der Waals surface area contributed by atoms with E-state index in [4.69, 9.17) is 4.52 Å². The van der Waals surface area contributed by atoms with E-state index in [2.05, 4.69) is 32.2 Å². The number of nitrogens with one attached hydrogen (secondary N) is 1. The summed E-state index contributed by atoms with van der Waals surface area (Å²) in [5, 5.41) is 13.3. The number of aryl methyl sites for hydroxylation is 2. The minimum absolute atomic E-state index is 0.0109. The molecule has 3 aromatic heterocycles. The van der Waals surface area contributed by atoms with Crippen LogP contribution in [0.5, 0.6) is 0 Å². The number of carbonyl (C=O) groups is 1. The molecule has 9 heteroatoms. The van der Waals surface area contributed by atoms with Crippen LogP contribution in [0.1, 0.15) is 28.4 Å². The van der Waals surface area contributed by atoms with Gasteiger partial charge >= 0.3 is 0 Å². The summed E-state index contributed by atoms with van der Waals surface area (Å²) in [7, 11) is 0. The molecule has 8 nitrogen and oxygen atoms in total.